The number of benzene rings is 2. The molecule has 0 saturated carbocycles. The van der Waals surface area contributed by atoms with Crippen molar-refractivity contribution in [3.05, 3.63) is 59.2 Å². The van der Waals surface area contributed by atoms with Gasteiger partial charge in [-0.2, -0.15) is 0 Å². The molecule has 0 bridgehead atoms. The molecule has 0 aromatic heterocycles. The second-order valence-corrected chi connectivity index (χ2v) is 8.63. The number of para-hydroxylation sites is 1. The Hall–Kier alpha value is -2.31. The maximum Gasteiger partial charge on any atom is 0.238 e. The molecule has 0 atom stereocenters. The largest absolute Gasteiger partial charge is 0.339 e. The monoisotopic (exact) mass is 411 g/mol. The maximum absolute atomic E-state index is 12.5. The van der Waals surface area contributed by atoms with Gasteiger partial charge in [-0.3, -0.25) is 14.5 Å². The zero-order valence-corrected chi connectivity index (χ0v) is 18.2. The van der Waals surface area contributed by atoms with Crippen LogP contribution in [0.3, 0.4) is 0 Å². The first-order valence-electron chi connectivity index (χ1n) is 9.98. The Morgan fingerprint density at radius 3 is 2.28 bits per heavy atom. The quantitative estimate of drug-likeness (QED) is 0.740. The third-order valence-electron chi connectivity index (χ3n) is 5.19. The fourth-order valence-corrected chi connectivity index (χ4v) is 4.41. The molecule has 154 valence electrons. The number of piperazine rings is 1. The van der Waals surface area contributed by atoms with E-state index >= 15 is 0 Å². The summed E-state index contributed by atoms with van der Waals surface area (Å²) >= 11 is 1.58. The van der Waals surface area contributed by atoms with Crippen LogP contribution in [0.5, 0.6) is 0 Å². The number of rotatable bonds is 6. The van der Waals surface area contributed by atoms with Gasteiger partial charge in [0.25, 0.3) is 0 Å². The normalized spacial score (nSPS) is 14.7. The zero-order chi connectivity index (χ0) is 20.8. The molecule has 29 heavy (non-hydrogen) atoms. The van der Waals surface area contributed by atoms with Crippen molar-refractivity contribution in [2.24, 2.45) is 0 Å². The fraction of sp³-hybridized carbons (Fsp3) is 0.391. The van der Waals surface area contributed by atoms with E-state index in [1.165, 1.54) is 5.56 Å². The lowest BCUT2D eigenvalue weighted by Gasteiger charge is -2.34. The Labute approximate surface area is 177 Å². The number of anilines is 1. The van der Waals surface area contributed by atoms with Crippen LogP contribution >= 0.6 is 11.8 Å². The zero-order valence-electron chi connectivity index (χ0n) is 17.4. The Morgan fingerprint density at radius 2 is 1.62 bits per heavy atom. The first-order valence-corrected chi connectivity index (χ1v) is 11.0. The third-order valence-corrected chi connectivity index (χ3v) is 6.17. The van der Waals surface area contributed by atoms with E-state index in [0.717, 1.165) is 34.8 Å². The molecule has 1 aliphatic heterocycles. The number of amides is 2. The number of thioether (sulfide) groups is 1. The average Bonchev–Trinajstić information content (AvgIpc) is 2.70. The topological polar surface area (TPSA) is 52.7 Å². The van der Waals surface area contributed by atoms with Gasteiger partial charge < -0.3 is 10.2 Å². The second-order valence-electron chi connectivity index (χ2n) is 7.58. The summed E-state index contributed by atoms with van der Waals surface area (Å²) < 4.78 is 0. The van der Waals surface area contributed by atoms with E-state index in [-0.39, 0.29) is 11.8 Å². The van der Waals surface area contributed by atoms with Crippen LogP contribution in [-0.2, 0) is 9.59 Å². The van der Waals surface area contributed by atoms with Crippen molar-refractivity contribution >= 4 is 29.3 Å². The summed E-state index contributed by atoms with van der Waals surface area (Å²) in [6, 6.07) is 14.2. The summed E-state index contributed by atoms with van der Waals surface area (Å²) in [5.41, 5.74) is 4.24. The van der Waals surface area contributed by atoms with Gasteiger partial charge in [-0.15, -0.1) is 11.8 Å². The van der Waals surface area contributed by atoms with Crippen LogP contribution in [0.1, 0.15) is 16.7 Å². The van der Waals surface area contributed by atoms with Gasteiger partial charge in [-0.25, -0.2) is 0 Å². The summed E-state index contributed by atoms with van der Waals surface area (Å²) in [7, 11) is 0. The van der Waals surface area contributed by atoms with Crippen molar-refractivity contribution in [3.63, 3.8) is 0 Å². The number of hydrogen-bond donors (Lipinski definition) is 1. The van der Waals surface area contributed by atoms with Gasteiger partial charge in [0, 0.05) is 36.8 Å². The van der Waals surface area contributed by atoms with E-state index in [1.807, 2.05) is 49.1 Å². The van der Waals surface area contributed by atoms with E-state index in [4.69, 9.17) is 0 Å². The van der Waals surface area contributed by atoms with Crippen LogP contribution in [0.4, 0.5) is 5.69 Å². The number of carbonyl (C=O) groups excluding carboxylic acids is 2. The van der Waals surface area contributed by atoms with Gasteiger partial charge in [0.1, 0.15) is 0 Å². The highest BCUT2D eigenvalue weighted by Gasteiger charge is 2.22. The standard InChI is InChI=1S/C23H29N3O2S/c1-17-6-4-9-20(14-17)29-16-22(28)26-12-10-25(11-13-26)15-21(27)24-23-18(2)7-5-8-19(23)3/h4-9,14H,10-13,15-16H2,1-3H3,(H,24,27). The summed E-state index contributed by atoms with van der Waals surface area (Å²) in [6.07, 6.45) is 0. The van der Waals surface area contributed by atoms with Gasteiger partial charge in [-0.1, -0.05) is 35.9 Å². The molecule has 2 amide bonds. The molecule has 0 unspecified atom stereocenters. The highest BCUT2D eigenvalue weighted by atomic mass is 32.2. The van der Waals surface area contributed by atoms with Crippen molar-refractivity contribution in [1.29, 1.82) is 0 Å². The molecule has 0 aliphatic carbocycles. The molecule has 3 rings (SSSR count). The van der Waals surface area contributed by atoms with Crippen LogP contribution in [0.25, 0.3) is 0 Å². The minimum Gasteiger partial charge on any atom is -0.339 e. The van der Waals surface area contributed by atoms with Crippen molar-refractivity contribution in [2.45, 2.75) is 25.7 Å². The summed E-state index contributed by atoms with van der Waals surface area (Å²) in [6.45, 7) is 9.20. The van der Waals surface area contributed by atoms with Crippen molar-refractivity contribution in [3.8, 4) is 0 Å². The molecular weight excluding hydrogens is 382 g/mol. The van der Waals surface area contributed by atoms with Gasteiger partial charge in [0.05, 0.1) is 12.3 Å². The lowest BCUT2D eigenvalue weighted by Crippen LogP contribution is -2.50. The molecule has 2 aromatic carbocycles. The van der Waals surface area contributed by atoms with Crippen LogP contribution in [0.15, 0.2) is 47.4 Å². The fourth-order valence-electron chi connectivity index (χ4n) is 3.49. The first kappa shape index (κ1) is 21.4. The van der Waals surface area contributed by atoms with E-state index < -0.39 is 0 Å². The molecule has 1 aliphatic rings. The Morgan fingerprint density at radius 1 is 0.966 bits per heavy atom. The van der Waals surface area contributed by atoms with Crippen molar-refractivity contribution in [1.82, 2.24) is 9.80 Å². The average molecular weight is 412 g/mol. The maximum atomic E-state index is 12.5. The van der Waals surface area contributed by atoms with Crippen LogP contribution in [0, 0.1) is 20.8 Å². The van der Waals surface area contributed by atoms with Gasteiger partial charge in [0.2, 0.25) is 11.8 Å². The second kappa shape index (κ2) is 9.94. The number of aryl methyl sites for hydroxylation is 3. The van der Waals surface area contributed by atoms with Gasteiger partial charge >= 0.3 is 0 Å². The Kier molecular flexibility index (Phi) is 7.34. The predicted octanol–water partition coefficient (Wildman–Crippen LogP) is 3.49. The smallest absolute Gasteiger partial charge is 0.238 e. The Bertz CT molecular complexity index is 856. The highest BCUT2D eigenvalue weighted by molar-refractivity contribution is 8.00. The van der Waals surface area contributed by atoms with Gasteiger partial charge in [0.15, 0.2) is 0 Å². The van der Waals surface area contributed by atoms with Crippen LogP contribution in [-0.4, -0.2) is 60.1 Å². The van der Waals surface area contributed by atoms with E-state index in [9.17, 15) is 9.59 Å². The van der Waals surface area contributed by atoms with Crippen LogP contribution in [0.2, 0.25) is 0 Å². The minimum absolute atomic E-state index is 0.00261. The Balaban J connectivity index is 1.42. The summed E-state index contributed by atoms with van der Waals surface area (Å²) in [4.78, 5) is 30.1. The highest BCUT2D eigenvalue weighted by Crippen LogP contribution is 2.20. The summed E-state index contributed by atoms with van der Waals surface area (Å²) in [5, 5.41) is 3.04. The molecule has 1 N–H and O–H groups in total. The molecular formula is C23H29N3O2S. The summed E-state index contributed by atoms with van der Waals surface area (Å²) in [5.74, 6) is 0.615. The third kappa shape index (κ3) is 6.08. The van der Waals surface area contributed by atoms with Crippen molar-refractivity contribution < 1.29 is 9.59 Å². The van der Waals surface area contributed by atoms with E-state index in [1.54, 1.807) is 11.8 Å². The van der Waals surface area contributed by atoms with E-state index in [2.05, 4.69) is 29.3 Å². The molecule has 2 aromatic rings. The van der Waals surface area contributed by atoms with Gasteiger partial charge in [-0.05, 0) is 44.0 Å². The molecule has 0 spiro atoms. The first-order chi connectivity index (χ1) is 13.9. The SMILES string of the molecule is Cc1cccc(SCC(=O)N2CCN(CC(=O)Nc3c(C)cccc3C)CC2)c1. The molecule has 5 nitrogen and oxygen atoms in total. The molecule has 6 heteroatoms. The number of carbonyl (C=O) groups is 2. The minimum atomic E-state index is -0.00261. The number of hydrogen-bond acceptors (Lipinski definition) is 4. The molecule has 1 heterocycles. The number of nitrogens with one attached hydrogen (secondary N) is 1. The lowest BCUT2D eigenvalue weighted by atomic mass is 10.1. The lowest BCUT2D eigenvalue weighted by molar-refractivity contribution is -0.130. The molecule has 0 radical (unpaired) electrons. The molecule has 1 fully saturated rings. The van der Waals surface area contributed by atoms with Crippen molar-refractivity contribution in [2.75, 3.05) is 43.8 Å². The van der Waals surface area contributed by atoms with Crippen LogP contribution < -0.4 is 5.32 Å². The predicted molar refractivity (Wildman–Crippen MR) is 119 cm³/mol. The number of nitrogens with zero attached hydrogens (tertiary/aromatic N) is 2. The van der Waals surface area contributed by atoms with E-state index in [0.29, 0.717) is 25.4 Å². The molecule has 1 saturated heterocycles.